The summed E-state index contributed by atoms with van der Waals surface area (Å²) in [5, 5.41) is 0.412. The van der Waals surface area contributed by atoms with Gasteiger partial charge in [0.25, 0.3) is 5.91 Å². The molecule has 0 aliphatic carbocycles. The van der Waals surface area contributed by atoms with E-state index >= 15 is 0 Å². The second-order valence-corrected chi connectivity index (χ2v) is 10.5. The Morgan fingerprint density at radius 2 is 1.48 bits per heavy atom. The van der Waals surface area contributed by atoms with Crippen molar-refractivity contribution in [1.29, 1.82) is 0 Å². The predicted molar refractivity (Wildman–Crippen MR) is 167 cm³/mol. The number of nitrogens with zero attached hydrogens (tertiary/aromatic N) is 2. The van der Waals surface area contributed by atoms with E-state index in [1.807, 2.05) is 42.5 Å². The van der Waals surface area contributed by atoms with Gasteiger partial charge in [-0.1, -0.05) is 66.7 Å². The first-order valence-electron chi connectivity index (χ1n) is 14.4. The van der Waals surface area contributed by atoms with Crippen LogP contribution in [0.15, 0.2) is 119 Å². The zero-order valence-electron chi connectivity index (χ0n) is 24.4. The fourth-order valence-electron chi connectivity index (χ4n) is 5.01. The van der Waals surface area contributed by atoms with Gasteiger partial charge in [0, 0.05) is 32.4 Å². The Labute approximate surface area is 255 Å². The monoisotopic (exact) mass is 592 g/mol. The number of ether oxygens (including phenoxy) is 1. The number of hydrogen-bond donors (Lipinski definition) is 0. The Balaban J connectivity index is 1.40. The maximum absolute atomic E-state index is 13.9. The highest BCUT2D eigenvalue weighted by Crippen LogP contribution is 2.20. The summed E-state index contributed by atoms with van der Waals surface area (Å²) >= 11 is 0. The van der Waals surface area contributed by atoms with Crippen molar-refractivity contribution in [2.45, 2.75) is 19.5 Å². The first-order chi connectivity index (χ1) is 21.4. The quantitative estimate of drug-likeness (QED) is 0.159. The summed E-state index contributed by atoms with van der Waals surface area (Å²) in [6.07, 6.45) is 1.90. The molecular weight excluding hydrogens is 559 g/mol. The van der Waals surface area contributed by atoms with Crippen LogP contribution in [-0.4, -0.2) is 48.4 Å². The number of amides is 2. The standard InChI is InChI=1S/C36H33FN2O5/c1-43-21-7-20-38(36(42)29-16-14-28(15-17-29)27-8-3-2-4-9-27)24-34(40)39(22-26-12-18-31(37)19-13-26)23-30-25-44-33-11-6-5-10-32(33)35(30)41/h2-6,8-19,25H,7,20-24H2,1H3. The maximum atomic E-state index is 13.9. The number of benzene rings is 4. The second-order valence-electron chi connectivity index (χ2n) is 10.5. The minimum atomic E-state index is -0.394. The molecule has 0 fully saturated rings. The van der Waals surface area contributed by atoms with Gasteiger partial charge in [-0.3, -0.25) is 14.4 Å². The second kappa shape index (κ2) is 14.4. The van der Waals surface area contributed by atoms with Crippen LogP contribution in [0.2, 0.25) is 0 Å². The normalized spacial score (nSPS) is 11.0. The van der Waals surface area contributed by atoms with Gasteiger partial charge in [0.05, 0.1) is 23.8 Å². The van der Waals surface area contributed by atoms with Crippen molar-refractivity contribution < 1.29 is 23.1 Å². The maximum Gasteiger partial charge on any atom is 0.254 e. The van der Waals surface area contributed by atoms with Crippen LogP contribution in [0.25, 0.3) is 22.1 Å². The molecule has 0 unspecified atom stereocenters. The summed E-state index contributed by atoms with van der Waals surface area (Å²) in [5.74, 6) is -1.05. The molecule has 5 aromatic rings. The number of fused-ring (bicyclic) bond motifs is 1. The molecule has 1 aromatic heterocycles. The minimum Gasteiger partial charge on any atom is -0.464 e. The van der Waals surface area contributed by atoms with Gasteiger partial charge in [0.1, 0.15) is 17.9 Å². The molecule has 0 spiro atoms. The van der Waals surface area contributed by atoms with E-state index in [-0.39, 0.29) is 36.9 Å². The zero-order valence-corrected chi connectivity index (χ0v) is 24.4. The smallest absolute Gasteiger partial charge is 0.254 e. The number of hydrogen-bond acceptors (Lipinski definition) is 5. The van der Waals surface area contributed by atoms with Crippen molar-refractivity contribution in [2.75, 3.05) is 26.8 Å². The average Bonchev–Trinajstić information content (AvgIpc) is 3.06. The van der Waals surface area contributed by atoms with Gasteiger partial charge in [-0.25, -0.2) is 4.39 Å². The van der Waals surface area contributed by atoms with Crippen molar-refractivity contribution in [3.8, 4) is 11.1 Å². The Kier molecular flexibility index (Phi) is 9.94. The molecule has 44 heavy (non-hydrogen) atoms. The lowest BCUT2D eigenvalue weighted by Crippen LogP contribution is -2.43. The molecule has 0 radical (unpaired) electrons. The molecule has 7 nitrogen and oxygen atoms in total. The van der Waals surface area contributed by atoms with Crippen molar-refractivity contribution >= 4 is 22.8 Å². The van der Waals surface area contributed by atoms with Crippen molar-refractivity contribution in [3.63, 3.8) is 0 Å². The Morgan fingerprint density at radius 1 is 0.795 bits per heavy atom. The molecule has 1 heterocycles. The van der Waals surface area contributed by atoms with E-state index in [1.165, 1.54) is 28.2 Å². The SMILES string of the molecule is COCCCN(CC(=O)N(Cc1ccc(F)cc1)Cc1coc2ccccc2c1=O)C(=O)c1ccc(-c2ccccc2)cc1. The van der Waals surface area contributed by atoms with Crippen molar-refractivity contribution in [3.05, 3.63) is 142 Å². The third kappa shape index (κ3) is 7.46. The fourth-order valence-corrected chi connectivity index (χ4v) is 5.01. The average molecular weight is 593 g/mol. The molecule has 0 saturated heterocycles. The van der Waals surface area contributed by atoms with Crippen LogP contribution in [0.5, 0.6) is 0 Å². The summed E-state index contributed by atoms with van der Waals surface area (Å²) in [4.78, 5) is 43.9. The van der Waals surface area contributed by atoms with Crippen LogP contribution in [0.1, 0.15) is 27.9 Å². The van der Waals surface area contributed by atoms with E-state index in [1.54, 1.807) is 55.6 Å². The molecular formula is C36H33FN2O5. The number of carbonyl (C=O) groups is 2. The predicted octanol–water partition coefficient (Wildman–Crippen LogP) is 6.31. The number of para-hydroxylation sites is 1. The van der Waals surface area contributed by atoms with Gasteiger partial charge < -0.3 is 19.0 Å². The van der Waals surface area contributed by atoms with E-state index in [9.17, 15) is 18.8 Å². The van der Waals surface area contributed by atoms with Gasteiger partial charge in [0.15, 0.2) is 5.43 Å². The summed E-state index contributed by atoms with van der Waals surface area (Å²) < 4.78 is 24.5. The van der Waals surface area contributed by atoms with Crippen LogP contribution in [-0.2, 0) is 22.6 Å². The van der Waals surface area contributed by atoms with E-state index in [4.69, 9.17) is 9.15 Å². The Hall–Kier alpha value is -5.08. The first kappa shape index (κ1) is 30.4. The van der Waals surface area contributed by atoms with Crippen LogP contribution in [0.4, 0.5) is 4.39 Å². The van der Waals surface area contributed by atoms with Crippen LogP contribution < -0.4 is 5.43 Å². The fraction of sp³-hybridized carbons (Fsp3) is 0.194. The van der Waals surface area contributed by atoms with E-state index in [0.717, 1.165) is 11.1 Å². The number of methoxy groups -OCH3 is 1. The molecule has 0 aliphatic heterocycles. The molecule has 5 rings (SSSR count). The molecule has 4 aromatic carbocycles. The van der Waals surface area contributed by atoms with E-state index < -0.39 is 5.82 Å². The highest BCUT2D eigenvalue weighted by atomic mass is 19.1. The van der Waals surface area contributed by atoms with Crippen molar-refractivity contribution in [1.82, 2.24) is 9.80 Å². The molecule has 0 N–H and O–H groups in total. The lowest BCUT2D eigenvalue weighted by Gasteiger charge is -2.28. The molecule has 8 heteroatoms. The third-order valence-electron chi connectivity index (χ3n) is 7.38. The summed E-state index contributed by atoms with van der Waals surface area (Å²) in [6.45, 7) is 0.555. The Morgan fingerprint density at radius 3 is 2.20 bits per heavy atom. The minimum absolute atomic E-state index is 0.0464. The van der Waals surface area contributed by atoms with Crippen LogP contribution in [0, 0.1) is 5.82 Å². The van der Waals surface area contributed by atoms with Gasteiger partial charge in [-0.05, 0) is 59.5 Å². The van der Waals surface area contributed by atoms with Gasteiger partial charge in [-0.15, -0.1) is 0 Å². The van der Waals surface area contributed by atoms with E-state index in [2.05, 4.69) is 0 Å². The molecule has 0 atom stereocenters. The first-order valence-corrected chi connectivity index (χ1v) is 14.4. The highest BCUT2D eigenvalue weighted by molar-refractivity contribution is 5.97. The molecule has 0 bridgehead atoms. The lowest BCUT2D eigenvalue weighted by molar-refractivity contribution is -0.133. The number of halogens is 1. The topological polar surface area (TPSA) is 80.1 Å². The molecule has 0 saturated carbocycles. The van der Waals surface area contributed by atoms with Gasteiger partial charge in [0.2, 0.25) is 5.91 Å². The van der Waals surface area contributed by atoms with Crippen molar-refractivity contribution in [2.24, 2.45) is 0 Å². The summed E-state index contributed by atoms with van der Waals surface area (Å²) in [7, 11) is 1.58. The van der Waals surface area contributed by atoms with Crippen LogP contribution >= 0.6 is 0 Å². The summed E-state index contributed by atoms with van der Waals surface area (Å²) in [6, 6.07) is 29.9. The largest absolute Gasteiger partial charge is 0.464 e. The molecule has 2 amide bonds. The Bertz CT molecular complexity index is 1770. The number of carbonyl (C=O) groups excluding carboxylic acids is 2. The summed E-state index contributed by atoms with van der Waals surface area (Å²) in [5.41, 5.74) is 3.65. The zero-order chi connectivity index (χ0) is 30.9. The van der Waals surface area contributed by atoms with Crippen LogP contribution in [0.3, 0.4) is 0 Å². The van der Waals surface area contributed by atoms with Gasteiger partial charge >= 0.3 is 0 Å². The molecule has 0 aliphatic rings. The molecule has 224 valence electrons. The third-order valence-corrected chi connectivity index (χ3v) is 7.38. The lowest BCUT2D eigenvalue weighted by atomic mass is 10.0. The van der Waals surface area contributed by atoms with Gasteiger partial charge in [-0.2, -0.15) is 0 Å². The van der Waals surface area contributed by atoms with E-state index in [0.29, 0.717) is 47.2 Å². The highest BCUT2D eigenvalue weighted by Gasteiger charge is 2.24. The number of rotatable bonds is 12.